The van der Waals surface area contributed by atoms with Crippen LogP contribution in [0.2, 0.25) is 0 Å². The van der Waals surface area contributed by atoms with Crippen molar-refractivity contribution >= 4 is 0 Å². The fourth-order valence-corrected chi connectivity index (χ4v) is 1.66. The Morgan fingerprint density at radius 2 is 2.00 bits per heavy atom. The Morgan fingerprint density at radius 1 is 1.45 bits per heavy atom. The van der Waals surface area contributed by atoms with Gasteiger partial charge >= 0.3 is 0 Å². The molecule has 11 heavy (non-hydrogen) atoms. The van der Waals surface area contributed by atoms with E-state index in [4.69, 9.17) is 5.73 Å². The molecule has 1 unspecified atom stereocenters. The standard InChI is InChI=1S/C9H20N2/c1-7(2)9(6-10)11(3)8-4-5-8/h7-9H,4-6,10H2,1-3H3. The molecule has 2 nitrogen and oxygen atoms in total. The van der Waals surface area contributed by atoms with Crippen molar-refractivity contribution < 1.29 is 0 Å². The molecule has 0 saturated heterocycles. The first-order chi connectivity index (χ1) is 5.16. The van der Waals surface area contributed by atoms with Crippen LogP contribution < -0.4 is 5.73 Å². The lowest BCUT2D eigenvalue weighted by atomic mass is 10.0. The van der Waals surface area contributed by atoms with Gasteiger partial charge in [-0.15, -0.1) is 0 Å². The van der Waals surface area contributed by atoms with Crippen LogP contribution >= 0.6 is 0 Å². The van der Waals surface area contributed by atoms with Gasteiger partial charge in [0.15, 0.2) is 0 Å². The van der Waals surface area contributed by atoms with E-state index in [0.717, 1.165) is 12.6 Å². The molecule has 0 bridgehead atoms. The highest BCUT2D eigenvalue weighted by molar-refractivity contribution is 4.87. The van der Waals surface area contributed by atoms with Crippen LogP contribution in [-0.4, -0.2) is 30.6 Å². The number of likely N-dealkylation sites (N-methyl/N-ethyl adjacent to an activating group) is 1. The van der Waals surface area contributed by atoms with Gasteiger partial charge in [-0.25, -0.2) is 0 Å². The van der Waals surface area contributed by atoms with Crippen LogP contribution in [0, 0.1) is 5.92 Å². The van der Waals surface area contributed by atoms with Gasteiger partial charge in [0.2, 0.25) is 0 Å². The third-order valence-corrected chi connectivity index (χ3v) is 2.66. The molecule has 0 aromatic carbocycles. The van der Waals surface area contributed by atoms with Crippen LogP contribution in [0.25, 0.3) is 0 Å². The van der Waals surface area contributed by atoms with Crippen molar-refractivity contribution in [1.29, 1.82) is 0 Å². The molecule has 1 aliphatic carbocycles. The summed E-state index contributed by atoms with van der Waals surface area (Å²) in [5, 5.41) is 0. The van der Waals surface area contributed by atoms with E-state index in [9.17, 15) is 0 Å². The van der Waals surface area contributed by atoms with Crippen molar-refractivity contribution in [3.05, 3.63) is 0 Å². The summed E-state index contributed by atoms with van der Waals surface area (Å²) in [7, 11) is 2.20. The van der Waals surface area contributed by atoms with E-state index in [1.807, 2.05) is 0 Å². The summed E-state index contributed by atoms with van der Waals surface area (Å²) in [6, 6.07) is 1.42. The Hall–Kier alpha value is -0.0800. The Morgan fingerprint density at radius 3 is 2.27 bits per heavy atom. The molecule has 0 aromatic rings. The number of nitrogens with two attached hydrogens (primary N) is 1. The maximum absolute atomic E-state index is 5.70. The van der Waals surface area contributed by atoms with E-state index < -0.39 is 0 Å². The minimum atomic E-state index is 0.586. The van der Waals surface area contributed by atoms with Gasteiger partial charge in [0.25, 0.3) is 0 Å². The van der Waals surface area contributed by atoms with Crippen molar-refractivity contribution in [2.24, 2.45) is 11.7 Å². The molecule has 1 saturated carbocycles. The minimum absolute atomic E-state index is 0.586. The fourth-order valence-electron chi connectivity index (χ4n) is 1.66. The molecule has 0 aliphatic heterocycles. The average Bonchev–Trinajstić information content (AvgIpc) is 2.68. The molecule has 66 valence electrons. The Bertz CT molecular complexity index is 119. The molecule has 1 fully saturated rings. The molecule has 0 radical (unpaired) electrons. The van der Waals surface area contributed by atoms with Crippen molar-refractivity contribution in [1.82, 2.24) is 4.90 Å². The number of hydrogen-bond donors (Lipinski definition) is 1. The monoisotopic (exact) mass is 156 g/mol. The highest BCUT2D eigenvalue weighted by atomic mass is 15.2. The van der Waals surface area contributed by atoms with E-state index in [-0.39, 0.29) is 0 Å². The SMILES string of the molecule is CC(C)C(CN)N(C)C1CC1. The van der Waals surface area contributed by atoms with Crippen molar-refractivity contribution in [3.63, 3.8) is 0 Å². The normalized spacial score (nSPS) is 21.3. The zero-order valence-corrected chi connectivity index (χ0v) is 7.88. The van der Waals surface area contributed by atoms with Crippen LogP contribution in [0.15, 0.2) is 0 Å². The van der Waals surface area contributed by atoms with Gasteiger partial charge < -0.3 is 5.73 Å². The molecular weight excluding hydrogens is 136 g/mol. The second-order valence-corrected chi connectivity index (χ2v) is 3.94. The first-order valence-electron chi connectivity index (χ1n) is 4.58. The first-order valence-corrected chi connectivity index (χ1v) is 4.58. The molecular formula is C9H20N2. The second kappa shape index (κ2) is 3.55. The zero-order chi connectivity index (χ0) is 8.43. The molecule has 0 aromatic heterocycles. The fraction of sp³-hybridized carbons (Fsp3) is 1.00. The van der Waals surface area contributed by atoms with Crippen molar-refractivity contribution in [2.45, 2.75) is 38.8 Å². The highest BCUT2D eigenvalue weighted by Gasteiger charge is 2.31. The molecule has 1 aliphatic rings. The van der Waals surface area contributed by atoms with Crippen molar-refractivity contribution in [2.75, 3.05) is 13.6 Å². The summed E-state index contributed by atoms with van der Waals surface area (Å²) in [5.74, 6) is 0.686. The summed E-state index contributed by atoms with van der Waals surface area (Å²) >= 11 is 0. The largest absolute Gasteiger partial charge is 0.329 e. The lowest BCUT2D eigenvalue weighted by molar-refractivity contribution is 0.189. The average molecular weight is 156 g/mol. The smallest absolute Gasteiger partial charge is 0.0241 e. The predicted molar refractivity (Wildman–Crippen MR) is 48.5 cm³/mol. The van der Waals surface area contributed by atoms with E-state index in [0.29, 0.717) is 12.0 Å². The molecule has 2 N–H and O–H groups in total. The topological polar surface area (TPSA) is 29.3 Å². The molecule has 1 rings (SSSR count). The summed E-state index contributed by atoms with van der Waals surface area (Å²) in [6.45, 7) is 5.29. The number of rotatable bonds is 4. The quantitative estimate of drug-likeness (QED) is 0.659. The number of hydrogen-bond acceptors (Lipinski definition) is 2. The van der Waals surface area contributed by atoms with Gasteiger partial charge in [0.1, 0.15) is 0 Å². The summed E-state index contributed by atoms with van der Waals surface area (Å²) in [4.78, 5) is 2.45. The van der Waals surface area contributed by atoms with E-state index in [1.54, 1.807) is 0 Å². The Balaban J connectivity index is 2.38. The van der Waals surface area contributed by atoms with E-state index >= 15 is 0 Å². The van der Waals surface area contributed by atoms with Gasteiger partial charge in [0, 0.05) is 18.6 Å². The lowest BCUT2D eigenvalue weighted by Gasteiger charge is -2.29. The van der Waals surface area contributed by atoms with Gasteiger partial charge in [-0.1, -0.05) is 13.8 Å². The molecule has 2 heteroatoms. The third-order valence-electron chi connectivity index (χ3n) is 2.66. The number of nitrogens with zero attached hydrogens (tertiary/aromatic N) is 1. The summed E-state index contributed by atoms with van der Waals surface area (Å²) < 4.78 is 0. The van der Waals surface area contributed by atoms with Gasteiger partial charge in [0.05, 0.1) is 0 Å². The van der Waals surface area contributed by atoms with Crippen LogP contribution in [0.3, 0.4) is 0 Å². The molecule has 0 amide bonds. The van der Waals surface area contributed by atoms with Gasteiger partial charge in [-0.3, -0.25) is 4.90 Å². The minimum Gasteiger partial charge on any atom is -0.329 e. The second-order valence-electron chi connectivity index (χ2n) is 3.94. The lowest BCUT2D eigenvalue weighted by Crippen LogP contribution is -2.42. The van der Waals surface area contributed by atoms with Crippen LogP contribution in [0.1, 0.15) is 26.7 Å². The van der Waals surface area contributed by atoms with Crippen molar-refractivity contribution in [3.8, 4) is 0 Å². The maximum atomic E-state index is 5.70. The molecule has 1 atom stereocenters. The van der Waals surface area contributed by atoms with Gasteiger partial charge in [-0.2, -0.15) is 0 Å². The predicted octanol–water partition coefficient (Wildman–Crippen LogP) is 1.06. The molecule has 0 heterocycles. The van der Waals surface area contributed by atoms with E-state index in [1.165, 1.54) is 12.8 Å². The van der Waals surface area contributed by atoms with E-state index in [2.05, 4.69) is 25.8 Å². The summed E-state index contributed by atoms with van der Waals surface area (Å²) in [6.07, 6.45) is 2.75. The first kappa shape index (κ1) is 9.01. The molecule has 0 spiro atoms. The van der Waals surface area contributed by atoms with Crippen LogP contribution in [0.4, 0.5) is 0 Å². The Kier molecular flexibility index (Phi) is 2.90. The van der Waals surface area contributed by atoms with Gasteiger partial charge in [-0.05, 0) is 25.8 Å². The zero-order valence-electron chi connectivity index (χ0n) is 7.88. The van der Waals surface area contributed by atoms with Crippen LogP contribution in [0.5, 0.6) is 0 Å². The third kappa shape index (κ3) is 2.17. The van der Waals surface area contributed by atoms with Crippen LogP contribution in [-0.2, 0) is 0 Å². The maximum Gasteiger partial charge on any atom is 0.0241 e. The Labute approximate surface area is 69.8 Å². The summed E-state index contributed by atoms with van der Waals surface area (Å²) in [5.41, 5.74) is 5.70. The highest BCUT2D eigenvalue weighted by Crippen LogP contribution is 2.28.